The number of ketones is 1. The molecule has 0 aromatic carbocycles. The molecule has 1 atom stereocenters. The number of hydrogen-bond donors (Lipinski definition) is 0. The van der Waals surface area contributed by atoms with E-state index in [4.69, 9.17) is 0 Å². The highest BCUT2D eigenvalue weighted by Crippen LogP contribution is 2.33. The summed E-state index contributed by atoms with van der Waals surface area (Å²) >= 11 is 0. The molecule has 0 aliphatic heterocycles. The van der Waals surface area contributed by atoms with Crippen LogP contribution in [0.15, 0.2) is 37.0 Å². The molecule has 0 amide bonds. The van der Waals surface area contributed by atoms with E-state index < -0.39 is 0 Å². The SMILES string of the molecule is C=C/C=C(\C=C)C(C)CC(=O)C1CC1. The van der Waals surface area contributed by atoms with Gasteiger partial charge in [0.15, 0.2) is 0 Å². The largest absolute Gasteiger partial charge is 0.299 e. The second-order valence-electron chi connectivity index (χ2n) is 3.95. The number of allylic oxidation sites excluding steroid dienone is 4. The molecule has 1 nitrogen and oxygen atoms in total. The van der Waals surface area contributed by atoms with Gasteiger partial charge >= 0.3 is 0 Å². The Morgan fingerprint density at radius 2 is 2.14 bits per heavy atom. The average Bonchev–Trinajstić information content (AvgIpc) is 2.96. The van der Waals surface area contributed by atoms with Crippen LogP contribution in [-0.4, -0.2) is 5.78 Å². The molecule has 1 aliphatic rings. The minimum absolute atomic E-state index is 0.276. The maximum atomic E-state index is 11.6. The lowest BCUT2D eigenvalue weighted by Crippen LogP contribution is -2.08. The van der Waals surface area contributed by atoms with Crippen LogP contribution in [0.4, 0.5) is 0 Å². The highest BCUT2D eigenvalue weighted by molar-refractivity contribution is 5.83. The molecule has 1 saturated carbocycles. The minimum atomic E-state index is 0.276. The first-order valence-corrected chi connectivity index (χ1v) is 5.16. The number of hydrogen-bond acceptors (Lipinski definition) is 1. The summed E-state index contributed by atoms with van der Waals surface area (Å²) in [5, 5.41) is 0. The van der Waals surface area contributed by atoms with Gasteiger partial charge < -0.3 is 0 Å². The lowest BCUT2D eigenvalue weighted by atomic mass is 9.94. The minimum Gasteiger partial charge on any atom is -0.299 e. The normalized spacial score (nSPS) is 18.8. The fourth-order valence-electron chi connectivity index (χ4n) is 1.56. The third-order valence-corrected chi connectivity index (χ3v) is 2.66. The van der Waals surface area contributed by atoms with Crippen molar-refractivity contribution in [3.63, 3.8) is 0 Å². The van der Waals surface area contributed by atoms with E-state index in [2.05, 4.69) is 20.1 Å². The van der Waals surface area contributed by atoms with Gasteiger partial charge in [0.25, 0.3) is 0 Å². The molecule has 0 spiro atoms. The fourth-order valence-corrected chi connectivity index (χ4v) is 1.56. The summed E-state index contributed by atoms with van der Waals surface area (Å²) in [6, 6.07) is 0. The van der Waals surface area contributed by atoms with E-state index >= 15 is 0 Å². The molecule has 0 heterocycles. The van der Waals surface area contributed by atoms with E-state index in [0.29, 0.717) is 18.1 Å². The van der Waals surface area contributed by atoms with Crippen molar-refractivity contribution in [3.8, 4) is 0 Å². The zero-order valence-electron chi connectivity index (χ0n) is 8.83. The quantitative estimate of drug-likeness (QED) is 0.587. The standard InChI is InChI=1S/C13H18O/c1-4-6-11(5-2)10(3)9-13(14)12-7-8-12/h4-6,10,12H,1-2,7-9H2,3H3/b11-6+. The average molecular weight is 190 g/mol. The van der Waals surface area contributed by atoms with Crippen molar-refractivity contribution in [1.29, 1.82) is 0 Å². The number of Topliss-reactive ketones (excluding diaryl/α,β-unsaturated/α-hetero) is 1. The van der Waals surface area contributed by atoms with Gasteiger partial charge in [-0.1, -0.05) is 38.3 Å². The second kappa shape index (κ2) is 4.94. The highest BCUT2D eigenvalue weighted by Gasteiger charge is 2.30. The molecular weight excluding hydrogens is 172 g/mol. The van der Waals surface area contributed by atoms with E-state index in [1.807, 2.05) is 12.2 Å². The van der Waals surface area contributed by atoms with Crippen LogP contribution >= 0.6 is 0 Å². The summed E-state index contributed by atoms with van der Waals surface area (Å²) < 4.78 is 0. The molecule has 0 radical (unpaired) electrons. The third-order valence-electron chi connectivity index (χ3n) is 2.66. The summed E-state index contributed by atoms with van der Waals surface area (Å²) in [5.41, 5.74) is 1.11. The Morgan fingerprint density at radius 1 is 1.50 bits per heavy atom. The first-order chi connectivity index (χ1) is 6.69. The van der Waals surface area contributed by atoms with E-state index in [9.17, 15) is 4.79 Å². The van der Waals surface area contributed by atoms with Gasteiger partial charge in [0, 0.05) is 12.3 Å². The number of rotatable bonds is 6. The van der Waals surface area contributed by atoms with E-state index in [1.165, 1.54) is 0 Å². The molecule has 14 heavy (non-hydrogen) atoms. The van der Waals surface area contributed by atoms with Crippen LogP contribution in [0, 0.1) is 11.8 Å². The monoisotopic (exact) mass is 190 g/mol. The smallest absolute Gasteiger partial charge is 0.136 e. The molecular formula is C13H18O. The Labute approximate surface area is 86.2 Å². The van der Waals surface area contributed by atoms with Crippen LogP contribution < -0.4 is 0 Å². The predicted molar refractivity (Wildman–Crippen MR) is 60.0 cm³/mol. The van der Waals surface area contributed by atoms with Gasteiger partial charge in [-0.15, -0.1) is 0 Å². The van der Waals surface area contributed by atoms with Crippen molar-refractivity contribution in [3.05, 3.63) is 37.0 Å². The van der Waals surface area contributed by atoms with Crippen LogP contribution in [0.1, 0.15) is 26.2 Å². The summed E-state index contributed by atoms with van der Waals surface area (Å²) in [6.45, 7) is 9.46. The summed E-state index contributed by atoms with van der Waals surface area (Å²) in [5.74, 6) is 1.06. The Hall–Kier alpha value is -1.11. The van der Waals surface area contributed by atoms with Gasteiger partial charge in [-0.05, 0) is 24.3 Å². The van der Waals surface area contributed by atoms with Gasteiger partial charge in [0.2, 0.25) is 0 Å². The summed E-state index contributed by atoms with van der Waals surface area (Å²) in [6.07, 6.45) is 8.33. The van der Waals surface area contributed by atoms with Crippen LogP contribution in [0.5, 0.6) is 0 Å². The van der Waals surface area contributed by atoms with Crippen molar-refractivity contribution in [1.82, 2.24) is 0 Å². The summed E-state index contributed by atoms with van der Waals surface area (Å²) in [4.78, 5) is 11.6. The Kier molecular flexibility index (Phi) is 3.87. The van der Waals surface area contributed by atoms with Gasteiger partial charge in [-0.2, -0.15) is 0 Å². The van der Waals surface area contributed by atoms with Crippen molar-refractivity contribution >= 4 is 5.78 Å². The topological polar surface area (TPSA) is 17.1 Å². The zero-order valence-corrected chi connectivity index (χ0v) is 8.83. The molecule has 0 aromatic heterocycles. The van der Waals surface area contributed by atoms with Gasteiger partial charge in [-0.3, -0.25) is 4.79 Å². The van der Waals surface area contributed by atoms with Crippen LogP contribution in [0.2, 0.25) is 0 Å². The van der Waals surface area contributed by atoms with Gasteiger partial charge in [-0.25, -0.2) is 0 Å². The second-order valence-corrected chi connectivity index (χ2v) is 3.95. The Bertz CT molecular complexity index is 269. The van der Waals surface area contributed by atoms with Crippen molar-refractivity contribution in [2.75, 3.05) is 0 Å². The molecule has 0 bridgehead atoms. The third kappa shape index (κ3) is 2.99. The molecule has 1 unspecified atom stereocenters. The fraction of sp³-hybridized carbons (Fsp3) is 0.462. The molecule has 76 valence electrons. The van der Waals surface area contributed by atoms with E-state index in [-0.39, 0.29) is 5.92 Å². The molecule has 1 aliphatic carbocycles. The van der Waals surface area contributed by atoms with Crippen LogP contribution in [0.3, 0.4) is 0 Å². The lowest BCUT2D eigenvalue weighted by molar-refractivity contribution is -0.120. The first kappa shape index (κ1) is 11.0. The van der Waals surface area contributed by atoms with Crippen LogP contribution in [0.25, 0.3) is 0 Å². The molecule has 0 N–H and O–H groups in total. The molecule has 0 aromatic rings. The van der Waals surface area contributed by atoms with Crippen LogP contribution in [-0.2, 0) is 4.79 Å². The molecule has 1 rings (SSSR count). The molecule has 1 heteroatoms. The van der Waals surface area contributed by atoms with Gasteiger partial charge in [0.1, 0.15) is 5.78 Å². The molecule has 1 fully saturated rings. The maximum absolute atomic E-state index is 11.6. The Morgan fingerprint density at radius 3 is 2.57 bits per heavy atom. The van der Waals surface area contributed by atoms with E-state index in [1.54, 1.807) is 6.08 Å². The number of carbonyl (C=O) groups is 1. The Balaban J connectivity index is 2.49. The molecule has 0 saturated heterocycles. The summed E-state index contributed by atoms with van der Waals surface area (Å²) in [7, 11) is 0. The van der Waals surface area contributed by atoms with Crippen molar-refractivity contribution in [2.45, 2.75) is 26.2 Å². The number of carbonyl (C=O) groups excluding carboxylic acids is 1. The lowest BCUT2D eigenvalue weighted by Gasteiger charge is -2.10. The highest BCUT2D eigenvalue weighted by atomic mass is 16.1. The first-order valence-electron chi connectivity index (χ1n) is 5.16. The predicted octanol–water partition coefficient (Wildman–Crippen LogP) is 3.29. The van der Waals surface area contributed by atoms with E-state index in [0.717, 1.165) is 18.4 Å². The van der Waals surface area contributed by atoms with Gasteiger partial charge in [0.05, 0.1) is 0 Å². The zero-order chi connectivity index (χ0) is 10.6. The maximum Gasteiger partial charge on any atom is 0.136 e. The van der Waals surface area contributed by atoms with Crippen molar-refractivity contribution < 1.29 is 4.79 Å². The van der Waals surface area contributed by atoms with Crippen molar-refractivity contribution in [2.24, 2.45) is 11.8 Å².